The maximum absolute atomic E-state index is 13.2. The summed E-state index contributed by atoms with van der Waals surface area (Å²) in [5, 5.41) is 12.8. The van der Waals surface area contributed by atoms with Gasteiger partial charge in [0.2, 0.25) is 0 Å². The van der Waals surface area contributed by atoms with Gasteiger partial charge in [-0.25, -0.2) is 8.78 Å². The van der Waals surface area contributed by atoms with E-state index in [-0.39, 0.29) is 17.1 Å². The van der Waals surface area contributed by atoms with E-state index in [0.29, 0.717) is 18.8 Å². The predicted octanol–water partition coefficient (Wildman–Crippen LogP) is 3.29. The van der Waals surface area contributed by atoms with Gasteiger partial charge in [-0.15, -0.1) is 0 Å². The Balaban J connectivity index is 2.00. The molecular weight excluding hydrogens is 300 g/mol. The number of carbonyl (C=O) groups excluding carboxylic acids is 1. The van der Waals surface area contributed by atoms with Crippen molar-refractivity contribution in [3.8, 4) is 0 Å². The third-order valence-electron chi connectivity index (χ3n) is 4.04. The Labute approximate surface area is 127 Å². The highest BCUT2D eigenvalue weighted by atomic mass is 35.5. The van der Waals surface area contributed by atoms with Crippen LogP contribution in [-0.2, 0) is 0 Å². The fourth-order valence-corrected chi connectivity index (χ4v) is 2.75. The molecular formula is C15H18ClF2NO2. The van der Waals surface area contributed by atoms with Crippen molar-refractivity contribution < 1.29 is 18.7 Å². The fourth-order valence-electron chi connectivity index (χ4n) is 2.51. The number of amides is 1. The summed E-state index contributed by atoms with van der Waals surface area (Å²) in [6.07, 6.45) is 3.02. The number of rotatable bonds is 3. The number of hydrogen-bond acceptors (Lipinski definition) is 2. The van der Waals surface area contributed by atoms with E-state index in [2.05, 4.69) is 12.2 Å². The zero-order chi connectivity index (χ0) is 15.6. The summed E-state index contributed by atoms with van der Waals surface area (Å²) >= 11 is 5.74. The second-order valence-corrected chi connectivity index (χ2v) is 6.24. The molecule has 0 heterocycles. The van der Waals surface area contributed by atoms with Gasteiger partial charge in [0.15, 0.2) is 11.6 Å². The minimum Gasteiger partial charge on any atom is -0.388 e. The minimum atomic E-state index is -1.13. The standard InChI is InChI=1S/C15H18ClF2NO2/c1-9-2-4-15(21,5-3-9)8-19-14(20)10-6-12(17)13(18)7-11(10)16/h6-7,9,21H,2-5,8H2,1H3,(H,19,20). The number of hydrogen-bond donors (Lipinski definition) is 2. The molecule has 3 nitrogen and oxygen atoms in total. The lowest BCUT2D eigenvalue weighted by Gasteiger charge is -2.34. The highest BCUT2D eigenvalue weighted by Crippen LogP contribution is 2.31. The molecule has 6 heteroatoms. The van der Waals surface area contributed by atoms with Gasteiger partial charge < -0.3 is 10.4 Å². The van der Waals surface area contributed by atoms with Crippen molar-refractivity contribution in [1.29, 1.82) is 0 Å². The third kappa shape index (κ3) is 3.92. The molecule has 1 amide bonds. The monoisotopic (exact) mass is 317 g/mol. The summed E-state index contributed by atoms with van der Waals surface area (Å²) in [6, 6.07) is 1.53. The Morgan fingerprint density at radius 2 is 1.95 bits per heavy atom. The second kappa shape index (κ2) is 6.28. The van der Waals surface area contributed by atoms with Crippen molar-refractivity contribution in [3.63, 3.8) is 0 Å². The van der Waals surface area contributed by atoms with Crippen LogP contribution < -0.4 is 5.32 Å². The van der Waals surface area contributed by atoms with E-state index in [4.69, 9.17) is 11.6 Å². The van der Waals surface area contributed by atoms with Crippen LogP contribution in [0.3, 0.4) is 0 Å². The van der Waals surface area contributed by atoms with E-state index in [1.807, 2.05) is 0 Å². The van der Waals surface area contributed by atoms with Crippen LogP contribution >= 0.6 is 11.6 Å². The van der Waals surface area contributed by atoms with E-state index in [9.17, 15) is 18.7 Å². The minimum absolute atomic E-state index is 0.0773. The number of halogens is 3. The molecule has 1 fully saturated rings. The van der Waals surface area contributed by atoms with Gasteiger partial charge in [-0.05, 0) is 43.7 Å². The van der Waals surface area contributed by atoms with Crippen LogP contribution in [0.4, 0.5) is 8.78 Å². The number of benzene rings is 1. The molecule has 1 aromatic carbocycles. The first kappa shape index (κ1) is 16.2. The highest BCUT2D eigenvalue weighted by molar-refractivity contribution is 6.33. The van der Waals surface area contributed by atoms with Crippen molar-refractivity contribution in [3.05, 3.63) is 34.4 Å². The van der Waals surface area contributed by atoms with Gasteiger partial charge in [0.25, 0.3) is 5.91 Å². The van der Waals surface area contributed by atoms with Crippen LogP contribution in [0.25, 0.3) is 0 Å². The predicted molar refractivity (Wildman–Crippen MR) is 76.3 cm³/mol. The molecule has 2 N–H and O–H groups in total. The Morgan fingerprint density at radius 1 is 1.38 bits per heavy atom. The molecule has 21 heavy (non-hydrogen) atoms. The van der Waals surface area contributed by atoms with E-state index < -0.39 is 23.1 Å². The van der Waals surface area contributed by atoms with E-state index >= 15 is 0 Å². The molecule has 2 rings (SSSR count). The Bertz CT molecular complexity index is 543. The van der Waals surface area contributed by atoms with Gasteiger partial charge in [-0.2, -0.15) is 0 Å². The average Bonchev–Trinajstić information content (AvgIpc) is 2.44. The maximum atomic E-state index is 13.2. The summed E-state index contributed by atoms with van der Waals surface area (Å²) in [5.41, 5.74) is -1.07. The molecule has 1 saturated carbocycles. The van der Waals surface area contributed by atoms with Crippen LogP contribution in [-0.4, -0.2) is 23.2 Å². The van der Waals surface area contributed by atoms with Gasteiger partial charge >= 0.3 is 0 Å². The van der Waals surface area contributed by atoms with E-state index in [0.717, 1.165) is 25.0 Å². The van der Waals surface area contributed by atoms with Crippen molar-refractivity contribution in [2.24, 2.45) is 5.92 Å². The van der Waals surface area contributed by atoms with Crippen LogP contribution in [0.5, 0.6) is 0 Å². The molecule has 0 aliphatic heterocycles. The maximum Gasteiger partial charge on any atom is 0.253 e. The molecule has 1 aromatic rings. The fraction of sp³-hybridized carbons (Fsp3) is 0.533. The Hall–Kier alpha value is -1.20. The largest absolute Gasteiger partial charge is 0.388 e. The normalized spacial score (nSPS) is 25.7. The quantitative estimate of drug-likeness (QED) is 0.840. The molecule has 0 radical (unpaired) electrons. The van der Waals surface area contributed by atoms with Crippen molar-refractivity contribution in [2.45, 2.75) is 38.2 Å². The van der Waals surface area contributed by atoms with E-state index in [1.165, 1.54) is 0 Å². The molecule has 116 valence electrons. The molecule has 0 spiro atoms. The van der Waals surface area contributed by atoms with Gasteiger partial charge in [-0.3, -0.25) is 4.79 Å². The zero-order valence-electron chi connectivity index (χ0n) is 11.8. The number of carbonyl (C=O) groups is 1. The number of aliphatic hydroxyl groups is 1. The Morgan fingerprint density at radius 3 is 2.57 bits per heavy atom. The molecule has 1 aliphatic carbocycles. The number of nitrogens with one attached hydrogen (secondary N) is 1. The van der Waals surface area contributed by atoms with Gasteiger partial charge in [-0.1, -0.05) is 18.5 Å². The van der Waals surface area contributed by atoms with Crippen molar-refractivity contribution >= 4 is 17.5 Å². The van der Waals surface area contributed by atoms with Gasteiger partial charge in [0.05, 0.1) is 16.2 Å². The topological polar surface area (TPSA) is 49.3 Å². The van der Waals surface area contributed by atoms with Crippen LogP contribution in [0.15, 0.2) is 12.1 Å². The van der Waals surface area contributed by atoms with Gasteiger partial charge in [0, 0.05) is 6.54 Å². The van der Waals surface area contributed by atoms with Crippen molar-refractivity contribution in [1.82, 2.24) is 5.32 Å². The van der Waals surface area contributed by atoms with Gasteiger partial charge in [0.1, 0.15) is 0 Å². The smallest absolute Gasteiger partial charge is 0.253 e. The highest BCUT2D eigenvalue weighted by Gasteiger charge is 2.32. The third-order valence-corrected chi connectivity index (χ3v) is 4.35. The zero-order valence-corrected chi connectivity index (χ0v) is 12.5. The second-order valence-electron chi connectivity index (χ2n) is 5.84. The molecule has 0 bridgehead atoms. The lowest BCUT2D eigenvalue weighted by Crippen LogP contribution is -2.45. The molecule has 0 unspecified atom stereocenters. The first-order valence-electron chi connectivity index (χ1n) is 6.96. The van der Waals surface area contributed by atoms with Crippen LogP contribution in [0.1, 0.15) is 43.0 Å². The van der Waals surface area contributed by atoms with Crippen molar-refractivity contribution in [2.75, 3.05) is 6.54 Å². The van der Waals surface area contributed by atoms with Crippen LogP contribution in [0.2, 0.25) is 5.02 Å². The van der Waals surface area contributed by atoms with E-state index in [1.54, 1.807) is 0 Å². The summed E-state index contributed by atoms with van der Waals surface area (Å²) in [5.74, 6) is -2.28. The summed E-state index contributed by atoms with van der Waals surface area (Å²) in [7, 11) is 0. The molecule has 0 atom stereocenters. The Kier molecular flexibility index (Phi) is 4.84. The first-order chi connectivity index (χ1) is 9.81. The lowest BCUT2D eigenvalue weighted by molar-refractivity contribution is -0.00540. The first-order valence-corrected chi connectivity index (χ1v) is 7.34. The SMILES string of the molecule is CC1CCC(O)(CNC(=O)c2cc(F)c(F)cc2Cl)CC1. The molecule has 0 saturated heterocycles. The van der Waals surface area contributed by atoms with Crippen LogP contribution in [0, 0.1) is 17.6 Å². The average molecular weight is 318 g/mol. The lowest BCUT2D eigenvalue weighted by atomic mass is 9.79. The molecule has 1 aliphatic rings. The summed E-state index contributed by atoms with van der Waals surface area (Å²) in [4.78, 5) is 12.0. The summed E-state index contributed by atoms with van der Waals surface area (Å²) in [6.45, 7) is 2.20. The molecule has 0 aromatic heterocycles. The summed E-state index contributed by atoms with van der Waals surface area (Å²) < 4.78 is 26.1.